The minimum atomic E-state index is 0.000556. The van der Waals surface area contributed by atoms with Crippen molar-refractivity contribution in [3.05, 3.63) is 0 Å². The molecule has 0 bridgehead atoms. The van der Waals surface area contributed by atoms with E-state index < -0.39 is 0 Å². The molecule has 1 unspecified atom stereocenters. The van der Waals surface area contributed by atoms with Crippen LogP contribution >= 0.6 is 11.8 Å². The Balaban J connectivity index is 1.72. The molecule has 1 atom stereocenters. The zero-order chi connectivity index (χ0) is 11.4. The molecule has 0 aromatic carbocycles. The van der Waals surface area contributed by atoms with Gasteiger partial charge in [-0.3, -0.25) is 0 Å². The molecule has 2 fully saturated rings. The molecule has 94 valence electrons. The number of rotatable bonds is 3. The van der Waals surface area contributed by atoms with Gasteiger partial charge in [0.2, 0.25) is 0 Å². The van der Waals surface area contributed by atoms with E-state index in [4.69, 9.17) is 0 Å². The zero-order valence-corrected chi connectivity index (χ0v) is 11.3. The van der Waals surface area contributed by atoms with Crippen LogP contribution in [0.25, 0.3) is 0 Å². The first-order chi connectivity index (χ1) is 7.75. The number of hydrogen-bond acceptors (Lipinski definition) is 2. The molecule has 0 aromatic rings. The highest BCUT2D eigenvalue weighted by Gasteiger charge is 2.27. The normalized spacial score (nSPS) is 34.9. The van der Waals surface area contributed by atoms with Crippen molar-refractivity contribution in [2.75, 3.05) is 11.5 Å². The lowest BCUT2D eigenvalue weighted by atomic mass is 9.77. The Morgan fingerprint density at radius 3 is 2.31 bits per heavy atom. The highest BCUT2D eigenvalue weighted by molar-refractivity contribution is 7.99. The Morgan fingerprint density at radius 1 is 1.06 bits per heavy atom. The molecular weight excluding hydrogens is 216 g/mol. The van der Waals surface area contributed by atoms with Crippen LogP contribution in [0.5, 0.6) is 0 Å². The molecule has 0 amide bonds. The average molecular weight is 242 g/mol. The molecule has 0 spiro atoms. The third kappa shape index (κ3) is 3.66. The summed E-state index contributed by atoms with van der Waals surface area (Å²) < 4.78 is 0. The zero-order valence-electron chi connectivity index (χ0n) is 10.5. The molecular formula is C14H26OS. The smallest absolute Gasteiger partial charge is 0.0571 e. The average Bonchev–Trinajstić information content (AvgIpc) is 2.31. The van der Waals surface area contributed by atoms with E-state index in [9.17, 15) is 5.11 Å². The molecule has 0 radical (unpaired) electrons. The maximum atomic E-state index is 10.3. The minimum absolute atomic E-state index is 0.000556. The SMILES string of the molecule is CC1CCC(C(O)CC2CCSCC2)CC1. The lowest BCUT2D eigenvalue weighted by Gasteiger charge is -2.32. The van der Waals surface area contributed by atoms with Crippen molar-refractivity contribution in [1.82, 2.24) is 0 Å². The van der Waals surface area contributed by atoms with Gasteiger partial charge in [-0.15, -0.1) is 0 Å². The molecule has 16 heavy (non-hydrogen) atoms. The lowest BCUT2D eigenvalue weighted by molar-refractivity contribution is 0.0536. The van der Waals surface area contributed by atoms with Crippen molar-refractivity contribution < 1.29 is 5.11 Å². The van der Waals surface area contributed by atoms with Crippen molar-refractivity contribution in [2.45, 2.75) is 58.0 Å². The van der Waals surface area contributed by atoms with Crippen LogP contribution in [-0.2, 0) is 0 Å². The van der Waals surface area contributed by atoms with Gasteiger partial charge >= 0.3 is 0 Å². The van der Waals surface area contributed by atoms with Crippen LogP contribution in [-0.4, -0.2) is 22.7 Å². The van der Waals surface area contributed by atoms with Gasteiger partial charge in [0.15, 0.2) is 0 Å². The van der Waals surface area contributed by atoms with E-state index in [0.29, 0.717) is 5.92 Å². The highest BCUT2D eigenvalue weighted by atomic mass is 32.2. The lowest BCUT2D eigenvalue weighted by Crippen LogP contribution is -2.28. The Labute approximate surface area is 104 Å². The van der Waals surface area contributed by atoms with E-state index in [1.165, 1.54) is 50.0 Å². The first kappa shape index (κ1) is 12.8. The van der Waals surface area contributed by atoms with Gasteiger partial charge in [0, 0.05) is 0 Å². The van der Waals surface area contributed by atoms with Crippen LogP contribution in [0.1, 0.15) is 51.9 Å². The fourth-order valence-electron chi connectivity index (χ4n) is 3.19. The number of aliphatic hydroxyl groups excluding tert-OH is 1. The maximum Gasteiger partial charge on any atom is 0.0571 e. The van der Waals surface area contributed by atoms with Gasteiger partial charge in [-0.25, -0.2) is 0 Å². The summed E-state index contributed by atoms with van der Waals surface area (Å²) in [7, 11) is 0. The second-order valence-electron chi connectivity index (χ2n) is 5.88. The van der Waals surface area contributed by atoms with Crippen molar-refractivity contribution in [3.8, 4) is 0 Å². The Kier molecular flexibility index (Phi) is 5.02. The topological polar surface area (TPSA) is 20.2 Å². The first-order valence-electron chi connectivity index (χ1n) is 7.01. The Bertz CT molecular complexity index is 193. The molecule has 1 aliphatic heterocycles. The standard InChI is InChI=1S/C14H26OS/c1-11-2-4-13(5-3-11)14(15)10-12-6-8-16-9-7-12/h11-15H,2-10H2,1H3. The molecule has 0 aromatic heterocycles. The van der Waals surface area contributed by atoms with Crippen molar-refractivity contribution >= 4 is 11.8 Å². The summed E-state index contributed by atoms with van der Waals surface area (Å²) in [5.74, 6) is 4.97. The molecule has 2 rings (SSSR count). The van der Waals surface area contributed by atoms with Gasteiger partial charge in [-0.05, 0) is 61.4 Å². The fraction of sp³-hybridized carbons (Fsp3) is 1.00. The predicted molar refractivity (Wildman–Crippen MR) is 71.8 cm³/mol. The van der Waals surface area contributed by atoms with Gasteiger partial charge in [0.25, 0.3) is 0 Å². The van der Waals surface area contributed by atoms with Crippen LogP contribution in [0, 0.1) is 17.8 Å². The summed E-state index contributed by atoms with van der Waals surface area (Å²) in [6, 6.07) is 0. The molecule has 2 heteroatoms. The third-order valence-corrected chi connectivity index (χ3v) is 5.57. The van der Waals surface area contributed by atoms with E-state index in [2.05, 4.69) is 18.7 Å². The van der Waals surface area contributed by atoms with E-state index in [1.807, 2.05) is 0 Å². The summed E-state index contributed by atoms with van der Waals surface area (Å²) >= 11 is 2.08. The van der Waals surface area contributed by atoms with E-state index in [-0.39, 0.29) is 6.10 Å². The van der Waals surface area contributed by atoms with Crippen LogP contribution in [0.4, 0.5) is 0 Å². The third-order valence-electron chi connectivity index (χ3n) is 4.52. The second kappa shape index (κ2) is 6.30. The van der Waals surface area contributed by atoms with Crippen molar-refractivity contribution in [1.29, 1.82) is 0 Å². The summed E-state index contributed by atoms with van der Waals surface area (Å²) in [4.78, 5) is 0. The van der Waals surface area contributed by atoms with E-state index >= 15 is 0 Å². The van der Waals surface area contributed by atoms with Crippen LogP contribution in [0.2, 0.25) is 0 Å². The van der Waals surface area contributed by atoms with Crippen LogP contribution in [0.3, 0.4) is 0 Å². The highest BCUT2D eigenvalue weighted by Crippen LogP contribution is 2.34. The molecule has 1 heterocycles. The summed E-state index contributed by atoms with van der Waals surface area (Å²) in [6.45, 7) is 2.35. The minimum Gasteiger partial charge on any atom is -0.393 e. The number of aliphatic hydroxyl groups is 1. The van der Waals surface area contributed by atoms with Gasteiger partial charge in [-0.1, -0.05) is 19.8 Å². The molecule has 1 aliphatic carbocycles. The summed E-state index contributed by atoms with van der Waals surface area (Å²) in [5.41, 5.74) is 0. The van der Waals surface area contributed by atoms with Gasteiger partial charge < -0.3 is 5.11 Å². The van der Waals surface area contributed by atoms with Crippen LogP contribution < -0.4 is 0 Å². The predicted octanol–water partition coefficient (Wildman–Crippen LogP) is 3.71. The van der Waals surface area contributed by atoms with Gasteiger partial charge in [-0.2, -0.15) is 11.8 Å². The van der Waals surface area contributed by atoms with Gasteiger partial charge in [0.1, 0.15) is 0 Å². The Hall–Kier alpha value is 0.310. The summed E-state index contributed by atoms with van der Waals surface area (Å²) in [5, 5.41) is 10.3. The quantitative estimate of drug-likeness (QED) is 0.814. The first-order valence-corrected chi connectivity index (χ1v) is 8.17. The maximum absolute atomic E-state index is 10.3. The molecule has 1 N–H and O–H groups in total. The molecule has 2 aliphatic rings. The largest absolute Gasteiger partial charge is 0.393 e. The van der Waals surface area contributed by atoms with Crippen molar-refractivity contribution in [3.63, 3.8) is 0 Å². The molecule has 1 saturated heterocycles. The van der Waals surface area contributed by atoms with Crippen molar-refractivity contribution in [2.24, 2.45) is 17.8 Å². The summed E-state index contributed by atoms with van der Waals surface area (Å²) in [6.07, 6.45) is 8.97. The van der Waals surface area contributed by atoms with E-state index in [1.54, 1.807) is 0 Å². The monoisotopic (exact) mass is 242 g/mol. The fourth-order valence-corrected chi connectivity index (χ4v) is 4.39. The number of hydrogen-bond donors (Lipinski definition) is 1. The number of thioether (sulfide) groups is 1. The Morgan fingerprint density at radius 2 is 1.69 bits per heavy atom. The molecule has 1 nitrogen and oxygen atoms in total. The van der Waals surface area contributed by atoms with E-state index in [0.717, 1.165) is 18.3 Å². The second-order valence-corrected chi connectivity index (χ2v) is 7.10. The van der Waals surface area contributed by atoms with Crippen LogP contribution in [0.15, 0.2) is 0 Å². The van der Waals surface area contributed by atoms with Gasteiger partial charge in [0.05, 0.1) is 6.10 Å². The molecule has 1 saturated carbocycles.